The van der Waals surface area contributed by atoms with Gasteiger partial charge < -0.3 is 15.0 Å². The molecule has 1 amide bonds. The fraction of sp³-hybridized carbons (Fsp3) is 0.533. The van der Waals surface area contributed by atoms with E-state index in [1.165, 1.54) is 0 Å². The summed E-state index contributed by atoms with van der Waals surface area (Å²) in [5, 5.41) is 3.29. The van der Waals surface area contributed by atoms with Gasteiger partial charge in [-0.25, -0.2) is 0 Å². The average molecular weight is 262 g/mol. The molecule has 19 heavy (non-hydrogen) atoms. The highest BCUT2D eigenvalue weighted by molar-refractivity contribution is 5.81. The largest absolute Gasteiger partial charge is 0.481 e. The summed E-state index contributed by atoms with van der Waals surface area (Å²) in [6.45, 7) is 7.26. The number of nitrogens with one attached hydrogen (secondary N) is 1. The summed E-state index contributed by atoms with van der Waals surface area (Å²) in [6.07, 6.45) is 0.572. The SMILES string of the molecule is Cc1cccc(OC(C)C(=O)N2CCCNCC2)c1. The number of hydrogen-bond donors (Lipinski definition) is 1. The Hall–Kier alpha value is -1.55. The van der Waals surface area contributed by atoms with Gasteiger partial charge in [-0.3, -0.25) is 4.79 Å². The van der Waals surface area contributed by atoms with Crippen LogP contribution in [0.5, 0.6) is 5.75 Å². The minimum absolute atomic E-state index is 0.0743. The van der Waals surface area contributed by atoms with Gasteiger partial charge in [-0.05, 0) is 44.5 Å². The third kappa shape index (κ3) is 3.96. The molecule has 1 N–H and O–H groups in total. The maximum Gasteiger partial charge on any atom is 0.263 e. The van der Waals surface area contributed by atoms with E-state index in [9.17, 15) is 4.79 Å². The number of rotatable bonds is 3. The lowest BCUT2D eigenvalue weighted by molar-refractivity contribution is -0.137. The Morgan fingerprint density at radius 2 is 2.21 bits per heavy atom. The predicted octanol–water partition coefficient (Wildman–Crippen LogP) is 1.58. The van der Waals surface area contributed by atoms with Crippen LogP contribution in [0, 0.1) is 6.92 Å². The molecule has 0 bridgehead atoms. The van der Waals surface area contributed by atoms with Crippen LogP contribution in [-0.2, 0) is 4.79 Å². The molecule has 0 radical (unpaired) electrons. The van der Waals surface area contributed by atoms with E-state index in [4.69, 9.17) is 4.74 Å². The molecule has 1 aliphatic heterocycles. The number of amides is 1. The quantitative estimate of drug-likeness (QED) is 0.899. The first kappa shape index (κ1) is 13.9. The van der Waals surface area contributed by atoms with Crippen LogP contribution in [0.1, 0.15) is 18.9 Å². The minimum atomic E-state index is -0.431. The minimum Gasteiger partial charge on any atom is -0.481 e. The monoisotopic (exact) mass is 262 g/mol. The Kier molecular flexibility index (Phi) is 4.80. The van der Waals surface area contributed by atoms with Gasteiger partial charge in [0.1, 0.15) is 5.75 Å². The van der Waals surface area contributed by atoms with Gasteiger partial charge in [0.2, 0.25) is 0 Å². The highest BCUT2D eigenvalue weighted by Gasteiger charge is 2.22. The van der Waals surface area contributed by atoms with Crippen molar-refractivity contribution in [2.75, 3.05) is 26.2 Å². The Morgan fingerprint density at radius 1 is 1.37 bits per heavy atom. The molecule has 0 saturated carbocycles. The number of nitrogens with zero attached hydrogens (tertiary/aromatic N) is 1. The fourth-order valence-electron chi connectivity index (χ4n) is 2.27. The molecular formula is C15H22N2O2. The van der Waals surface area contributed by atoms with Crippen LogP contribution in [-0.4, -0.2) is 43.1 Å². The van der Waals surface area contributed by atoms with Crippen LogP contribution in [0.3, 0.4) is 0 Å². The van der Waals surface area contributed by atoms with Gasteiger partial charge in [0.15, 0.2) is 6.10 Å². The number of aryl methyl sites for hydroxylation is 1. The lowest BCUT2D eigenvalue weighted by Crippen LogP contribution is -2.42. The van der Waals surface area contributed by atoms with Crippen LogP contribution < -0.4 is 10.1 Å². The van der Waals surface area contributed by atoms with Crippen molar-refractivity contribution in [1.82, 2.24) is 10.2 Å². The van der Waals surface area contributed by atoms with E-state index in [0.717, 1.165) is 43.9 Å². The van der Waals surface area contributed by atoms with Crippen molar-refractivity contribution in [1.29, 1.82) is 0 Å². The molecule has 0 spiro atoms. The lowest BCUT2D eigenvalue weighted by Gasteiger charge is -2.24. The Morgan fingerprint density at radius 3 is 3.00 bits per heavy atom. The fourth-order valence-corrected chi connectivity index (χ4v) is 2.27. The molecule has 1 aromatic rings. The summed E-state index contributed by atoms with van der Waals surface area (Å²) in [4.78, 5) is 14.2. The Bertz CT molecular complexity index is 426. The van der Waals surface area contributed by atoms with E-state index in [1.807, 2.05) is 43.0 Å². The zero-order chi connectivity index (χ0) is 13.7. The standard InChI is InChI=1S/C15H22N2O2/c1-12-5-3-6-14(11-12)19-13(2)15(18)17-9-4-7-16-8-10-17/h3,5-6,11,13,16H,4,7-10H2,1-2H3. The zero-order valence-corrected chi connectivity index (χ0v) is 11.7. The normalized spacial score (nSPS) is 17.7. The van der Waals surface area contributed by atoms with E-state index in [-0.39, 0.29) is 5.91 Å². The number of hydrogen-bond acceptors (Lipinski definition) is 3. The summed E-state index contributed by atoms with van der Waals surface area (Å²) in [5.41, 5.74) is 1.14. The lowest BCUT2D eigenvalue weighted by atomic mass is 10.2. The topological polar surface area (TPSA) is 41.6 Å². The molecule has 4 nitrogen and oxygen atoms in total. The highest BCUT2D eigenvalue weighted by atomic mass is 16.5. The molecule has 1 heterocycles. The van der Waals surface area contributed by atoms with Gasteiger partial charge in [-0.2, -0.15) is 0 Å². The second kappa shape index (κ2) is 6.57. The van der Waals surface area contributed by atoms with Gasteiger partial charge in [-0.1, -0.05) is 12.1 Å². The number of ether oxygens (including phenoxy) is 1. The molecule has 1 saturated heterocycles. The Balaban J connectivity index is 1.94. The van der Waals surface area contributed by atoms with Gasteiger partial charge in [0.25, 0.3) is 5.91 Å². The summed E-state index contributed by atoms with van der Waals surface area (Å²) in [6, 6.07) is 7.80. The molecule has 1 unspecified atom stereocenters. The maximum absolute atomic E-state index is 12.3. The third-order valence-corrected chi connectivity index (χ3v) is 3.30. The first-order valence-corrected chi connectivity index (χ1v) is 6.89. The third-order valence-electron chi connectivity index (χ3n) is 3.30. The molecular weight excluding hydrogens is 240 g/mol. The van der Waals surface area contributed by atoms with Crippen molar-refractivity contribution in [3.63, 3.8) is 0 Å². The second-order valence-corrected chi connectivity index (χ2v) is 5.01. The first-order valence-electron chi connectivity index (χ1n) is 6.89. The summed E-state index contributed by atoms with van der Waals surface area (Å²) in [5.74, 6) is 0.832. The van der Waals surface area contributed by atoms with Crippen LogP contribution in [0.2, 0.25) is 0 Å². The molecule has 0 aliphatic carbocycles. The van der Waals surface area contributed by atoms with E-state index in [1.54, 1.807) is 0 Å². The van der Waals surface area contributed by atoms with E-state index in [0.29, 0.717) is 0 Å². The van der Waals surface area contributed by atoms with Gasteiger partial charge >= 0.3 is 0 Å². The summed E-state index contributed by atoms with van der Waals surface area (Å²) in [7, 11) is 0. The highest BCUT2D eigenvalue weighted by Crippen LogP contribution is 2.15. The molecule has 1 aliphatic rings. The first-order chi connectivity index (χ1) is 9.16. The van der Waals surface area contributed by atoms with E-state index < -0.39 is 6.10 Å². The zero-order valence-electron chi connectivity index (χ0n) is 11.7. The van der Waals surface area contributed by atoms with Crippen LogP contribution >= 0.6 is 0 Å². The van der Waals surface area contributed by atoms with Crippen molar-refractivity contribution < 1.29 is 9.53 Å². The van der Waals surface area contributed by atoms with Crippen LogP contribution in [0.25, 0.3) is 0 Å². The van der Waals surface area contributed by atoms with Crippen molar-refractivity contribution in [3.05, 3.63) is 29.8 Å². The summed E-state index contributed by atoms with van der Waals surface area (Å²) < 4.78 is 5.74. The second-order valence-electron chi connectivity index (χ2n) is 5.01. The van der Waals surface area contributed by atoms with Crippen molar-refractivity contribution in [2.45, 2.75) is 26.4 Å². The number of benzene rings is 1. The molecule has 0 aromatic heterocycles. The molecule has 4 heteroatoms. The number of carbonyl (C=O) groups is 1. The molecule has 1 atom stereocenters. The van der Waals surface area contributed by atoms with Gasteiger partial charge in [0.05, 0.1) is 0 Å². The maximum atomic E-state index is 12.3. The molecule has 2 rings (SSSR count). The van der Waals surface area contributed by atoms with Crippen molar-refractivity contribution >= 4 is 5.91 Å². The average Bonchev–Trinajstić information content (AvgIpc) is 2.66. The predicted molar refractivity (Wildman–Crippen MR) is 75.3 cm³/mol. The van der Waals surface area contributed by atoms with Crippen LogP contribution in [0.4, 0.5) is 0 Å². The number of carbonyl (C=O) groups excluding carboxylic acids is 1. The van der Waals surface area contributed by atoms with Crippen LogP contribution in [0.15, 0.2) is 24.3 Å². The summed E-state index contributed by atoms with van der Waals surface area (Å²) >= 11 is 0. The van der Waals surface area contributed by atoms with Gasteiger partial charge in [-0.15, -0.1) is 0 Å². The smallest absolute Gasteiger partial charge is 0.263 e. The van der Waals surface area contributed by atoms with E-state index in [2.05, 4.69) is 5.32 Å². The van der Waals surface area contributed by atoms with Crippen molar-refractivity contribution in [2.24, 2.45) is 0 Å². The Labute approximate surface area is 114 Å². The van der Waals surface area contributed by atoms with E-state index >= 15 is 0 Å². The van der Waals surface area contributed by atoms with Crippen molar-refractivity contribution in [3.8, 4) is 5.75 Å². The van der Waals surface area contributed by atoms with Gasteiger partial charge in [0, 0.05) is 19.6 Å². The molecule has 104 valence electrons. The molecule has 1 fully saturated rings. The molecule has 1 aromatic carbocycles.